The first-order valence-corrected chi connectivity index (χ1v) is 5.40. The second kappa shape index (κ2) is 3.54. The van der Waals surface area contributed by atoms with Crippen LogP contribution in [0.5, 0.6) is 0 Å². The molecule has 1 fully saturated rings. The minimum absolute atomic E-state index is 0.239. The highest BCUT2D eigenvalue weighted by atomic mass is 32.2. The van der Waals surface area contributed by atoms with Crippen molar-refractivity contribution in [3.05, 3.63) is 29.8 Å². The van der Waals surface area contributed by atoms with Crippen LogP contribution in [-0.2, 0) is 4.79 Å². The Balaban J connectivity index is 2.01. The van der Waals surface area contributed by atoms with Crippen molar-refractivity contribution in [2.24, 2.45) is 0 Å². The highest BCUT2D eigenvalue weighted by Crippen LogP contribution is 2.33. The molecule has 0 N–H and O–H groups in total. The molecule has 1 atom stereocenters. The van der Waals surface area contributed by atoms with Gasteiger partial charge in [-0.3, -0.25) is 4.79 Å². The predicted octanol–water partition coefficient (Wildman–Crippen LogP) is 2.82. The lowest BCUT2D eigenvalue weighted by molar-refractivity contribution is -0.122. The quantitative estimate of drug-likeness (QED) is 0.716. The summed E-state index contributed by atoms with van der Waals surface area (Å²) in [5.41, 5.74) is 1.27. The Morgan fingerprint density at radius 2 is 2.00 bits per heavy atom. The van der Waals surface area contributed by atoms with E-state index in [4.69, 9.17) is 0 Å². The van der Waals surface area contributed by atoms with E-state index in [1.807, 2.05) is 0 Å². The molecule has 68 valence electrons. The van der Waals surface area contributed by atoms with E-state index in [0.717, 1.165) is 12.8 Å². The van der Waals surface area contributed by atoms with Gasteiger partial charge in [0.1, 0.15) is 5.78 Å². The summed E-state index contributed by atoms with van der Waals surface area (Å²) in [7, 11) is 0. The molecule has 1 aliphatic rings. The number of hydrogen-bond acceptors (Lipinski definition) is 2. The van der Waals surface area contributed by atoms with Crippen molar-refractivity contribution in [1.29, 1.82) is 0 Å². The smallest absolute Gasteiger partial charge is 0.146 e. The van der Waals surface area contributed by atoms with Crippen molar-refractivity contribution in [3.63, 3.8) is 0 Å². The number of carbonyl (C=O) groups is 1. The fourth-order valence-electron chi connectivity index (χ4n) is 1.29. The summed E-state index contributed by atoms with van der Waals surface area (Å²) >= 11 is 1.70. The highest BCUT2D eigenvalue weighted by molar-refractivity contribution is 8.00. The van der Waals surface area contributed by atoms with E-state index in [0.29, 0.717) is 5.78 Å². The zero-order chi connectivity index (χ0) is 9.26. The average molecular weight is 192 g/mol. The molecule has 2 heteroatoms. The van der Waals surface area contributed by atoms with E-state index in [1.165, 1.54) is 10.5 Å². The third-order valence-corrected chi connectivity index (χ3v) is 3.64. The number of aryl methyl sites for hydroxylation is 1. The number of benzene rings is 1. The summed E-state index contributed by atoms with van der Waals surface area (Å²) in [6, 6.07) is 8.36. The molecular weight excluding hydrogens is 180 g/mol. The summed E-state index contributed by atoms with van der Waals surface area (Å²) in [5.74, 6) is 0.408. The van der Waals surface area contributed by atoms with Gasteiger partial charge in [0.2, 0.25) is 0 Å². The standard InChI is InChI=1S/C11H12OS/c1-8-2-4-9(5-3-8)13-11-7-6-10(11)12/h2-5,11H,6-7H2,1H3. The molecule has 1 unspecified atom stereocenters. The molecular formula is C11H12OS. The molecule has 1 nitrogen and oxygen atoms in total. The Kier molecular flexibility index (Phi) is 2.40. The Labute approximate surface area is 82.5 Å². The first-order chi connectivity index (χ1) is 6.25. The van der Waals surface area contributed by atoms with Crippen molar-refractivity contribution >= 4 is 17.5 Å². The Hall–Kier alpha value is -0.760. The molecule has 2 rings (SSSR count). The second-order valence-corrected chi connectivity index (χ2v) is 4.70. The maximum absolute atomic E-state index is 11.1. The Morgan fingerprint density at radius 1 is 1.31 bits per heavy atom. The molecule has 0 saturated heterocycles. The number of rotatable bonds is 2. The largest absolute Gasteiger partial charge is 0.298 e. The normalized spacial score (nSPS) is 21.3. The summed E-state index contributed by atoms with van der Waals surface area (Å²) in [4.78, 5) is 12.3. The molecule has 0 amide bonds. The number of Topliss-reactive ketones (excluding diaryl/α,β-unsaturated/α-hetero) is 1. The van der Waals surface area contributed by atoms with E-state index >= 15 is 0 Å². The molecule has 0 heterocycles. The van der Waals surface area contributed by atoms with Gasteiger partial charge in [0.25, 0.3) is 0 Å². The van der Waals surface area contributed by atoms with Crippen LogP contribution in [0.15, 0.2) is 29.2 Å². The lowest BCUT2D eigenvalue weighted by Crippen LogP contribution is -2.27. The zero-order valence-electron chi connectivity index (χ0n) is 7.62. The van der Waals surface area contributed by atoms with Crippen LogP contribution >= 0.6 is 11.8 Å². The maximum atomic E-state index is 11.1. The summed E-state index contributed by atoms with van der Waals surface area (Å²) < 4.78 is 0. The topological polar surface area (TPSA) is 17.1 Å². The average Bonchev–Trinajstić information content (AvgIpc) is 2.15. The monoisotopic (exact) mass is 192 g/mol. The number of hydrogen-bond donors (Lipinski definition) is 0. The van der Waals surface area contributed by atoms with Gasteiger partial charge in [-0.1, -0.05) is 17.7 Å². The van der Waals surface area contributed by atoms with Gasteiger partial charge in [-0.15, -0.1) is 11.8 Å². The fourth-order valence-corrected chi connectivity index (χ4v) is 2.39. The molecule has 0 spiro atoms. The van der Waals surface area contributed by atoms with Crippen molar-refractivity contribution in [2.45, 2.75) is 29.9 Å². The summed E-state index contributed by atoms with van der Waals surface area (Å²) in [6.45, 7) is 2.07. The molecule has 0 bridgehead atoms. The Bertz CT molecular complexity index is 315. The summed E-state index contributed by atoms with van der Waals surface area (Å²) in [6.07, 6.45) is 1.83. The van der Waals surface area contributed by atoms with E-state index in [9.17, 15) is 4.79 Å². The zero-order valence-corrected chi connectivity index (χ0v) is 8.43. The van der Waals surface area contributed by atoms with Gasteiger partial charge in [-0.2, -0.15) is 0 Å². The number of thioether (sulfide) groups is 1. The molecule has 1 saturated carbocycles. The number of ketones is 1. The van der Waals surface area contributed by atoms with Crippen LogP contribution in [0.1, 0.15) is 18.4 Å². The minimum atomic E-state index is 0.239. The SMILES string of the molecule is Cc1ccc(SC2CCC2=O)cc1. The summed E-state index contributed by atoms with van der Waals surface area (Å²) in [5, 5.41) is 0.239. The van der Waals surface area contributed by atoms with Gasteiger partial charge in [0.05, 0.1) is 5.25 Å². The third-order valence-electron chi connectivity index (χ3n) is 2.31. The van der Waals surface area contributed by atoms with Crippen LogP contribution in [-0.4, -0.2) is 11.0 Å². The maximum Gasteiger partial charge on any atom is 0.146 e. The van der Waals surface area contributed by atoms with Crippen molar-refractivity contribution in [2.75, 3.05) is 0 Å². The number of carbonyl (C=O) groups excluding carboxylic acids is 1. The van der Waals surface area contributed by atoms with Gasteiger partial charge in [0.15, 0.2) is 0 Å². The highest BCUT2D eigenvalue weighted by Gasteiger charge is 2.28. The van der Waals surface area contributed by atoms with Crippen LogP contribution in [0.3, 0.4) is 0 Å². The second-order valence-electron chi connectivity index (χ2n) is 3.42. The lowest BCUT2D eigenvalue weighted by Gasteiger charge is -2.22. The van der Waals surface area contributed by atoms with Crippen LogP contribution < -0.4 is 0 Å². The first-order valence-electron chi connectivity index (χ1n) is 4.52. The van der Waals surface area contributed by atoms with Gasteiger partial charge in [-0.25, -0.2) is 0 Å². The molecule has 0 aromatic heterocycles. The van der Waals surface area contributed by atoms with Crippen LogP contribution in [0.4, 0.5) is 0 Å². The van der Waals surface area contributed by atoms with Gasteiger partial charge in [0, 0.05) is 11.3 Å². The van der Waals surface area contributed by atoms with Crippen molar-refractivity contribution < 1.29 is 4.79 Å². The van der Waals surface area contributed by atoms with E-state index in [-0.39, 0.29) is 5.25 Å². The van der Waals surface area contributed by atoms with Crippen molar-refractivity contribution in [3.8, 4) is 0 Å². The molecule has 1 aliphatic carbocycles. The van der Waals surface area contributed by atoms with E-state index in [1.54, 1.807) is 11.8 Å². The molecule has 1 aromatic rings. The molecule has 1 aromatic carbocycles. The van der Waals surface area contributed by atoms with Crippen LogP contribution in [0.2, 0.25) is 0 Å². The fraction of sp³-hybridized carbons (Fsp3) is 0.364. The molecule has 13 heavy (non-hydrogen) atoms. The van der Waals surface area contributed by atoms with Crippen molar-refractivity contribution in [1.82, 2.24) is 0 Å². The van der Waals surface area contributed by atoms with Gasteiger partial charge in [-0.05, 0) is 25.5 Å². The van der Waals surface area contributed by atoms with E-state index < -0.39 is 0 Å². The Morgan fingerprint density at radius 3 is 2.46 bits per heavy atom. The van der Waals surface area contributed by atoms with E-state index in [2.05, 4.69) is 31.2 Å². The molecule has 0 radical (unpaired) electrons. The first kappa shape index (κ1) is 8.82. The van der Waals surface area contributed by atoms with Gasteiger partial charge >= 0.3 is 0 Å². The predicted molar refractivity (Wildman–Crippen MR) is 55.1 cm³/mol. The lowest BCUT2D eigenvalue weighted by atomic mass is 9.98. The van der Waals surface area contributed by atoms with Gasteiger partial charge < -0.3 is 0 Å². The minimum Gasteiger partial charge on any atom is -0.298 e. The third kappa shape index (κ3) is 1.94. The molecule has 0 aliphatic heterocycles. The van der Waals surface area contributed by atoms with Crippen LogP contribution in [0.25, 0.3) is 0 Å². The van der Waals surface area contributed by atoms with Crippen LogP contribution in [0, 0.1) is 6.92 Å².